The van der Waals surface area contributed by atoms with Crippen molar-refractivity contribution in [2.24, 2.45) is 0 Å². The number of hydrogen-bond acceptors (Lipinski definition) is 2. The molecule has 0 N–H and O–H groups in total. The van der Waals surface area contributed by atoms with E-state index in [0.29, 0.717) is 11.1 Å². The SMILES string of the molecule is [C-]#[N+][C@@](O[Si](C)(C)C)(c1ccc(C)cc1F)C(F)(F)c1ccc(-c2ccc(C)cc2)cn1. The van der Waals surface area contributed by atoms with Gasteiger partial charge in [0.05, 0.1) is 0 Å². The number of nitrogens with zero attached hydrogens (tertiary/aromatic N) is 2. The van der Waals surface area contributed by atoms with Crippen molar-refractivity contribution < 1.29 is 17.6 Å². The fraction of sp³-hybridized carbons (Fsp3) is 0.280. The summed E-state index contributed by atoms with van der Waals surface area (Å²) in [6, 6.07) is 14.1. The highest BCUT2D eigenvalue weighted by Crippen LogP contribution is 2.51. The number of alkyl halides is 2. The number of benzene rings is 2. The third kappa shape index (κ3) is 4.47. The summed E-state index contributed by atoms with van der Waals surface area (Å²) in [7, 11) is -2.73. The molecule has 3 rings (SSSR count). The van der Waals surface area contributed by atoms with E-state index in [2.05, 4.69) is 9.83 Å². The van der Waals surface area contributed by atoms with Crippen LogP contribution in [-0.2, 0) is 16.1 Å². The van der Waals surface area contributed by atoms with E-state index < -0.39 is 37.0 Å². The summed E-state index contributed by atoms with van der Waals surface area (Å²) < 4.78 is 52.7. The van der Waals surface area contributed by atoms with E-state index >= 15 is 8.78 Å². The van der Waals surface area contributed by atoms with Crippen molar-refractivity contribution in [2.45, 2.75) is 45.1 Å². The van der Waals surface area contributed by atoms with E-state index in [-0.39, 0.29) is 0 Å². The van der Waals surface area contributed by atoms with Gasteiger partial charge >= 0.3 is 11.6 Å². The molecular weight excluding hydrogens is 429 g/mol. The van der Waals surface area contributed by atoms with Gasteiger partial charge in [0.1, 0.15) is 17.1 Å². The first kappa shape index (κ1) is 23.7. The maximum absolute atomic E-state index is 16.0. The van der Waals surface area contributed by atoms with Crippen molar-refractivity contribution >= 4 is 8.32 Å². The minimum absolute atomic E-state index is 0.491. The zero-order valence-electron chi connectivity index (χ0n) is 18.7. The second-order valence-electron chi connectivity index (χ2n) is 8.83. The molecule has 0 spiro atoms. The standard InChI is InChI=1S/C25H25F3N2OSi/c1-17-7-10-19(11-8-17)20-12-14-23(30-16-20)24(27,28)25(29-3,31-32(4,5)6)21-13-9-18(2)15-22(21)26/h7-16H,1-2,4-6H3/t25-/m1/s1. The summed E-state index contributed by atoms with van der Waals surface area (Å²) in [4.78, 5) is 7.22. The molecule has 32 heavy (non-hydrogen) atoms. The summed E-state index contributed by atoms with van der Waals surface area (Å²) in [5.74, 6) is -4.81. The van der Waals surface area contributed by atoms with E-state index in [1.807, 2.05) is 31.2 Å². The Morgan fingerprint density at radius 2 is 1.50 bits per heavy atom. The molecule has 0 saturated heterocycles. The predicted molar refractivity (Wildman–Crippen MR) is 122 cm³/mol. The lowest BCUT2D eigenvalue weighted by Gasteiger charge is -2.34. The summed E-state index contributed by atoms with van der Waals surface area (Å²) in [6.45, 7) is 16.4. The topological polar surface area (TPSA) is 26.5 Å². The first-order chi connectivity index (χ1) is 14.9. The van der Waals surface area contributed by atoms with E-state index in [4.69, 9.17) is 11.0 Å². The van der Waals surface area contributed by atoms with E-state index in [1.165, 1.54) is 30.5 Å². The number of aryl methyl sites for hydroxylation is 2. The van der Waals surface area contributed by atoms with Crippen molar-refractivity contribution in [1.82, 2.24) is 4.98 Å². The second kappa shape index (κ2) is 8.53. The van der Waals surface area contributed by atoms with Crippen LogP contribution in [0.15, 0.2) is 60.8 Å². The van der Waals surface area contributed by atoms with Crippen LogP contribution in [0.3, 0.4) is 0 Å². The lowest BCUT2D eigenvalue weighted by atomic mass is 9.92. The molecule has 0 fully saturated rings. The van der Waals surface area contributed by atoms with Gasteiger partial charge in [-0.25, -0.2) is 11.0 Å². The van der Waals surface area contributed by atoms with Crippen molar-refractivity contribution in [2.75, 3.05) is 0 Å². The van der Waals surface area contributed by atoms with Crippen LogP contribution in [0.2, 0.25) is 19.6 Å². The fourth-order valence-corrected chi connectivity index (χ4v) is 4.62. The molecule has 1 atom stereocenters. The quantitative estimate of drug-likeness (QED) is 0.290. The van der Waals surface area contributed by atoms with Gasteiger partial charge in [-0.3, -0.25) is 9.83 Å². The molecule has 1 aromatic heterocycles. The van der Waals surface area contributed by atoms with Gasteiger partial charge in [0.15, 0.2) is 8.32 Å². The first-order valence-corrected chi connectivity index (χ1v) is 13.6. The summed E-state index contributed by atoms with van der Waals surface area (Å²) >= 11 is 0. The second-order valence-corrected chi connectivity index (χ2v) is 13.3. The van der Waals surface area contributed by atoms with Crippen LogP contribution in [0.5, 0.6) is 0 Å². The normalized spacial score (nSPS) is 14.0. The largest absolute Gasteiger partial charge is 0.427 e. The number of pyridine rings is 1. The van der Waals surface area contributed by atoms with Gasteiger partial charge in [0, 0.05) is 11.8 Å². The predicted octanol–water partition coefficient (Wildman–Crippen LogP) is 7.22. The number of rotatable bonds is 6. The van der Waals surface area contributed by atoms with Crippen LogP contribution in [0.1, 0.15) is 22.4 Å². The van der Waals surface area contributed by atoms with Crippen molar-refractivity contribution in [3.05, 3.63) is 100 Å². The molecule has 3 nitrogen and oxygen atoms in total. The highest BCUT2D eigenvalue weighted by molar-refractivity contribution is 6.69. The summed E-state index contributed by atoms with van der Waals surface area (Å²) in [5.41, 5.74) is -0.883. The Bertz CT molecular complexity index is 1150. The lowest BCUT2D eigenvalue weighted by molar-refractivity contribution is -0.162. The maximum Gasteiger partial charge on any atom is 0.427 e. The Morgan fingerprint density at radius 3 is 2.00 bits per heavy atom. The van der Waals surface area contributed by atoms with Crippen LogP contribution in [-0.4, -0.2) is 13.3 Å². The average molecular weight is 455 g/mol. The Labute approximate surface area is 187 Å². The third-order valence-electron chi connectivity index (χ3n) is 5.00. The first-order valence-electron chi connectivity index (χ1n) is 10.2. The molecule has 0 unspecified atom stereocenters. The number of halogens is 3. The molecule has 0 radical (unpaired) electrons. The van der Waals surface area contributed by atoms with Crippen LogP contribution in [0.25, 0.3) is 16.0 Å². The number of hydrogen-bond donors (Lipinski definition) is 0. The molecular formula is C25H25F3N2OSi. The molecule has 0 bridgehead atoms. The van der Waals surface area contributed by atoms with Gasteiger partial charge in [-0.2, -0.15) is 8.78 Å². The van der Waals surface area contributed by atoms with Gasteiger partial charge in [0.2, 0.25) is 0 Å². The van der Waals surface area contributed by atoms with Gasteiger partial charge < -0.3 is 4.43 Å². The smallest absolute Gasteiger partial charge is 0.342 e. The third-order valence-corrected chi connectivity index (χ3v) is 5.90. The van der Waals surface area contributed by atoms with Gasteiger partial charge in [-0.1, -0.05) is 42.0 Å². The van der Waals surface area contributed by atoms with Crippen molar-refractivity contribution in [3.63, 3.8) is 0 Å². The highest BCUT2D eigenvalue weighted by atomic mass is 28.4. The molecule has 7 heteroatoms. The molecule has 0 saturated carbocycles. The molecule has 0 aliphatic heterocycles. The average Bonchev–Trinajstić information content (AvgIpc) is 2.72. The monoisotopic (exact) mass is 454 g/mol. The molecule has 0 aliphatic rings. The Morgan fingerprint density at radius 1 is 0.906 bits per heavy atom. The van der Waals surface area contributed by atoms with Gasteiger partial charge in [0.25, 0.3) is 0 Å². The Balaban J connectivity index is 2.14. The van der Waals surface area contributed by atoms with E-state index in [0.717, 1.165) is 17.2 Å². The molecule has 3 aromatic rings. The summed E-state index contributed by atoms with van der Waals surface area (Å²) in [6.07, 6.45) is 1.34. The lowest BCUT2D eigenvalue weighted by Crippen LogP contribution is -2.50. The minimum atomic E-state index is -3.91. The van der Waals surface area contributed by atoms with Crippen molar-refractivity contribution in [1.29, 1.82) is 0 Å². The van der Waals surface area contributed by atoms with Gasteiger partial charge in [-0.05, 0) is 62.8 Å². The maximum atomic E-state index is 16.0. The highest BCUT2D eigenvalue weighted by Gasteiger charge is 2.68. The van der Waals surface area contributed by atoms with E-state index in [9.17, 15) is 4.39 Å². The molecule has 0 aliphatic carbocycles. The van der Waals surface area contributed by atoms with Crippen LogP contribution >= 0.6 is 0 Å². The zero-order valence-corrected chi connectivity index (χ0v) is 19.7. The Hall–Kier alpha value is -2.95. The summed E-state index contributed by atoms with van der Waals surface area (Å²) in [5, 5.41) is 0. The van der Waals surface area contributed by atoms with Crippen LogP contribution in [0, 0.1) is 26.2 Å². The zero-order chi connectivity index (χ0) is 23.7. The van der Waals surface area contributed by atoms with Gasteiger partial charge in [-0.15, -0.1) is 0 Å². The minimum Gasteiger partial charge on any atom is -0.342 e. The number of aromatic nitrogens is 1. The van der Waals surface area contributed by atoms with E-state index in [1.54, 1.807) is 26.6 Å². The van der Waals surface area contributed by atoms with Crippen LogP contribution in [0.4, 0.5) is 13.2 Å². The molecule has 1 heterocycles. The fourth-order valence-electron chi connectivity index (χ4n) is 3.45. The van der Waals surface area contributed by atoms with Crippen LogP contribution < -0.4 is 0 Å². The van der Waals surface area contributed by atoms with Crippen molar-refractivity contribution in [3.8, 4) is 11.1 Å². The molecule has 166 valence electrons. The Kier molecular flexibility index (Phi) is 6.32. The molecule has 0 amide bonds. The molecule has 2 aromatic carbocycles.